The summed E-state index contributed by atoms with van der Waals surface area (Å²) in [5.74, 6) is 1.75. The smallest absolute Gasteiger partial charge is 0.153 e. The lowest BCUT2D eigenvalue weighted by molar-refractivity contribution is 0.110. The molecule has 2 rings (SSSR count). The van der Waals surface area contributed by atoms with E-state index in [1.807, 2.05) is 6.92 Å². The molecule has 0 amide bonds. The molecule has 1 fully saturated rings. The van der Waals surface area contributed by atoms with Crippen LogP contribution in [0.5, 0.6) is 0 Å². The van der Waals surface area contributed by atoms with Crippen LogP contribution in [0.2, 0.25) is 0 Å². The fourth-order valence-electron chi connectivity index (χ4n) is 1.49. The molecule has 0 saturated carbocycles. The largest absolute Gasteiger partial charge is 0.378 e. The first-order chi connectivity index (χ1) is 5.84. The molecule has 12 heavy (non-hydrogen) atoms. The molecule has 1 atom stereocenters. The number of aryl methyl sites for hydroxylation is 1. The minimum Gasteiger partial charge on any atom is -0.378 e. The summed E-state index contributed by atoms with van der Waals surface area (Å²) in [6, 6.07) is 0. The van der Waals surface area contributed by atoms with Gasteiger partial charge in [-0.15, -0.1) is 0 Å². The Hall–Kier alpha value is -0.900. The molecule has 1 aromatic rings. The zero-order valence-electron chi connectivity index (χ0n) is 7.21. The van der Waals surface area contributed by atoms with Crippen molar-refractivity contribution >= 4 is 0 Å². The van der Waals surface area contributed by atoms with Gasteiger partial charge in [-0.2, -0.15) is 5.10 Å². The Morgan fingerprint density at radius 2 is 2.58 bits per heavy atom. The van der Waals surface area contributed by atoms with Crippen LogP contribution in [0.15, 0.2) is 0 Å². The van der Waals surface area contributed by atoms with Crippen LogP contribution < -0.4 is 0 Å². The molecule has 1 unspecified atom stereocenters. The summed E-state index contributed by atoms with van der Waals surface area (Å²) >= 11 is 0. The number of hydrogen-bond acceptors (Lipinski definition) is 3. The van der Waals surface area contributed by atoms with Gasteiger partial charge < -0.3 is 4.74 Å². The fraction of sp³-hybridized carbons (Fsp3) is 0.750. The second kappa shape index (κ2) is 3.23. The maximum atomic E-state index is 5.47. The average Bonchev–Trinajstić information content (AvgIpc) is 2.63. The summed E-state index contributed by atoms with van der Waals surface area (Å²) in [6.45, 7) is 2.81. The van der Waals surface area contributed by atoms with Gasteiger partial charge in [0.1, 0.15) is 5.82 Å². The van der Waals surface area contributed by atoms with Gasteiger partial charge in [0.25, 0.3) is 0 Å². The molecule has 0 radical (unpaired) electrons. The lowest BCUT2D eigenvalue weighted by Gasteiger charge is -2.04. The molecule has 1 aliphatic rings. The van der Waals surface area contributed by atoms with E-state index in [1.54, 1.807) is 0 Å². The molecule has 1 saturated heterocycles. The molecule has 0 bridgehead atoms. The summed E-state index contributed by atoms with van der Waals surface area (Å²) in [5.41, 5.74) is 0. The van der Waals surface area contributed by atoms with Crippen molar-refractivity contribution in [2.24, 2.45) is 0 Å². The Bertz CT molecular complexity index is 253. The van der Waals surface area contributed by atoms with E-state index in [1.165, 1.54) is 6.42 Å². The molecular weight excluding hydrogens is 154 g/mol. The van der Waals surface area contributed by atoms with Crippen LogP contribution in [0.25, 0.3) is 0 Å². The van der Waals surface area contributed by atoms with Gasteiger partial charge in [-0.05, 0) is 19.8 Å². The Kier molecular flexibility index (Phi) is 2.08. The quantitative estimate of drug-likeness (QED) is 0.710. The predicted octanol–water partition coefficient (Wildman–Crippen LogP) is 0.835. The van der Waals surface area contributed by atoms with Crippen molar-refractivity contribution in [1.82, 2.24) is 15.2 Å². The second-order valence-electron chi connectivity index (χ2n) is 3.18. The van der Waals surface area contributed by atoms with Crippen LogP contribution in [0.4, 0.5) is 0 Å². The summed E-state index contributed by atoms with van der Waals surface area (Å²) in [4.78, 5) is 4.23. The van der Waals surface area contributed by atoms with Crippen LogP contribution in [-0.4, -0.2) is 27.9 Å². The number of aromatic nitrogens is 3. The van der Waals surface area contributed by atoms with Crippen LogP contribution in [-0.2, 0) is 11.2 Å². The van der Waals surface area contributed by atoms with Gasteiger partial charge in [0.15, 0.2) is 5.82 Å². The normalized spacial score (nSPS) is 23.2. The third-order valence-electron chi connectivity index (χ3n) is 2.08. The number of nitrogens with one attached hydrogen (secondary N) is 1. The van der Waals surface area contributed by atoms with E-state index in [2.05, 4.69) is 15.2 Å². The molecule has 1 aliphatic heterocycles. The average molecular weight is 167 g/mol. The number of H-pyrrole nitrogens is 1. The molecule has 4 nitrogen and oxygen atoms in total. The van der Waals surface area contributed by atoms with E-state index in [-0.39, 0.29) is 0 Å². The summed E-state index contributed by atoms with van der Waals surface area (Å²) < 4.78 is 5.47. The Balaban J connectivity index is 1.94. The van der Waals surface area contributed by atoms with Gasteiger partial charge >= 0.3 is 0 Å². The van der Waals surface area contributed by atoms with Gasteiger partial charge in [0.2, 0.25) is 0 Å². The van der Waals surface area contributed by atoms with Crippen LogP contribution in [0, 0.1) is 6.92 Å². The number of nitrogens with zero attached hydrogens (tertiary/aromatic N) is 2. The molecular formula is C8H13N3O. The number of aromatic amines is 1. The Labute approximate surface area is 71.3 Å². The van der Waals surface area contributed by atoms with Crippen molar-refractivity contribution in [2.75, 3.05) is 6.61 Å². The third-order valence-corrected chi connectivity index (χ3v) is 2.08. The minimum atomic E-state index is 0.347. The first kappa shape index (κ1) is 7.73. The van der Waals surface area contributed by atoms with Crippen molar-refractivity contribution in [3.05, 3.63) is 11.6 Å². The standard InChI is InChI=1S/C8H13N3O/c1-6-9-8(11-10-6)5-7-3-2-4-12-7/h7H,2-5H2,1H3,(H,9,10,11). The lowest BCUT2D eigenvalue weighted by atomic mass is 10.2. The first-order valence-electron chi connectivity index (χ1n) is 4.34. The lowest BCUT2D eigenvalue weighted by Crippen LogP contribution is -2.09. The van der Waals surface area contributed by atoms with Gasteiger partial charge in [0.05, 0.1) is 6.10 Å². The maximum Gasteiger partial charge on any atom is 0.153 e. The molecule has 4 heteroatoms. The molecule has 66 valence electrons. The fourth-order valence-corrected chi connectivity index (χ4v) is 1.49. The van der Waals surface area contributed by atoms with E-state index in [9.17, 15) is 0 Å². The summed E-state index contributed by atoms with van der Waals surface area (Å²) in [7, 11) is 0. The van der Waals surface area contributed by atoms with E-state index < -0.39 is 0 Å². The highest BCUT2D eigenvalue weighted by molar-refractivity contribution is 4.90. The number of rotatable bonds is 2. The Morgan fingerprint density at radius 1 is 1.67 bits per heavy atom. The van der Waals surface area contributed by atoms with E-state index >= 15 is 0 Å². The topological polar surface area (TPSA) is 50.8 Å². The first-order valence-corrected chi connectivity index (χ1v) is 4.34. The molecule has 0 spiro atoms. The molecule has 1 N–H and O–H groups in total. The van der Waals surface area contributed by atoms with E-state index in [4.69, 9.17) is 4.74 Å². The van der Waals surface area contributed by atoms with Crippen LogP contribution in [0.1, 0.15) is 24.5 Å². The zero-order chi connectivity index (χ0) is 8.39. The maximum absolute atomic E-state index is 5.47. The van der Waals surface area contributed by atoms with E-state index in [0.717, 1.165) is 31.1 Å². The van der Waals surface area contributed by atoms with Gasteiger partial charge in [-0.3, -0.25) is 5.10 Å². The van der Waals surface area contributed by atoms with E-state index in [0.29, 0.717) is 6.10 Å². The highest BCUT2D eigenvalue weighted by Crippen LogP contribution is 2.14. The zero-order valence-corrected chi connectivity index (χ0v) is 7.21. The number of hydrogen-bond donors (Lipinski definition) is 1. The van der Waals surface area contributed by atoms with Crippen LogP contribution >= 0.6 is 0 Å². The van der Waals surface area contributed by atoms with Crippen molar-refractivity contribution in [2.45, 2.75) is 32.3 Å². The van der Waals surface area contributed by atoms with Crippen LogP contribution in [0.3, 0.4) is 0 Å². The summed E-state index contributed by atoms with van der Waals surface area (Å²) in [5, 5.41) is 6.89. The number of ether oxygens (including phenoxy) is 1. The summed E-state index contributed by atoms with van der Waals surface area (Å²) in [6.07, 6.45) is 3.52. The highest BCUT2D eigenvalue weighted by atomic mass is 16.5. The predicted molar refractivity (Wildman–Crippen MR) is 43.8 cm³/mol. The van der Waals surface area contributed by atoms with Crippen molar-refractivity contribution in [3.63, 3.8) is 0 Å². The van der Waals surface area contributed by atoms with Gasteiger partial charge in [0, 0.05) is 13.0 Å². The van der Waals surface area contributed by atoms with Gasteiger partial charge in [-0.1, -0.05) is 0 Å². The third kappa shape index (κ3) is 1.64. The monoisotopic (exact) mass is 167 g/mol. The SMILES string of the molecule is Cc1nc(CC2CCCO2)n[nH]1. The van der Waals surface area contributed by atoms with Crippen molar-refractivity contribution < 1.29 is 4.74 Å². The molecule has 0 aliphatic carbocycles. The Morgan fingerprint density at radius 3 is 3.17 bits per heavy atom. The highest BCUT2D eigenvalue weighted by Gasteiger charge is 2.17. The van der Waals surface area contributed by atoms with Crippen molar-refractivity contribution in [1.29, 1.82) is 0 Å². The van der Waals surface area contributed by atoms with Gasteiger partial charge in [-0.25, -0.2) is 4.98 Å². The minimum absolute atomic E-state index is 0.347. The second-order valence-corrected chi connectivity index (χ2v) is 3.18. The van der Waals surface area contributed by atoms with Crippen molar-refractivity contribution in [3.8, 4) is 0 Å². The molecule has 1 aromatic heterocycles. The molecule has 2 heterocycles. The molecule has 0 aromatic carbocycles.